The third-order valence-electron chi connectivity index (χ3n) is 3.39. The highest BCUT2D eigenvalue weighted by atomic mass is 16.3. The van der Waals surface area contributed by atoms with Gasteiger partial charge in [-0.15, -0.1) is 0 Å². The zero-order valence-electron chi connectivity index (χ0n) is 10.3. The van der Waals surface area contributed by atoms with Gasteiger partial charge in [-0.3, -0.25) is 0 Å². The smallest absolute Gasteiger partial charge is 0.0607 e. The van der Waals surface area contributed by atoms with Crippen molar-refractivity contribution in [2.75, 3.05) is 13.2 Å². The molecule has 0 heterocycles. The predicted octanol–water partition coefficient (Wildman–Crippen LogP) is 1.39. The Balaban J connectivity index is 2.08. The van der Waals surface area contributed by atoms with Gasteiger partial charge in [0.05, 0.1) is 19.3 Å². The Morgan fingerprint density at radius 3 is 2.24 bits per heavy atom. The molecule has 94 valence electrons. The number of hydrogen-bond donors (Lipinski definition) is 3. The van der Waals surface area contributed by atoms with Crippen molar-refractivity contribution in [2.45, 2.75) is 31.8 Å². The van der Waals surface area contributed by atoms with E-state index in [2.05, 4.69) is 36.5 Å². The van der Waals surface area contributed by atoms with Gasteiger partial charge in [0.15, 0.2) is 0 Å². The van der Waals surface area contributed by atoms with Crippen LogP contribution in [0.2, 0.25) is 0 Å². The van der Waals surface area contributed by atoms with Gasteiger partial charge in [-0.05, 0) is 31.2 Å². The molecule has 3 nitrogen and oxygen atoms in total. The lowest BCUT2D eigenvalue weighted by Gasteiger charge is -2.24. The van der Waals surface area contributed by atoms with Crippen molar-refractivity contribution in [1.29, 1.82) is 0 Å². The topological polar surface area (TPSA) is 52.5 Å². The molecule has 3 heteroatoms. The molecule has 2 rings (SSSR count). The van der Waals surface area contributed by atoms with E-state index >= 15 is 0 Å². The molecule has 1 aliphatic carbocycles. The van der Waals surface area contributed by atoms with Crippen molar-refractivity contribution >= 4 is 0 Å². The van der Waals surface area contributed by atoms with E-state index < -0.39 is 0 Å². The highest BCUT2D eigenvalue weighted by Crippen LogP contribution is 2.41. The van der Waals surface area contributed by atoms with E-state index in [0.717, 1.165) is 0 Å². The van der Waals surface area contributed by atoms with Crippen LogP contribution in [0.4, 0.5) is 0 Å². The minimum absolute atomic E-state index is 0.0222. The summed E-state index contributed by atoms with van der Waals surface area (Å²) in [4.78, 5) is 0. The molecular formula is C14H21NO2. The fraction of sp³-hybridized carbons (Fsp3) is 0.571. The number of aryl methyl sites for hydroxylation is 1. The first kappa shape index (κ1) is 12.6. The number of benzene rings is 1. The van der Waals surface area contributed by atoms with Crippen molar-refractivity contribution < 1.29 is 10.2 Å². The predicted molar refractivity (Wildman–Crippen MR) is 67.7 cm³/mol. The van der Waals surface area contributed by atoms with Crippen LogP contribution in [0.5, 0.6) is 0 Å². The Morgan fingerprint density at radius 2 is 1.76 bits per heavy atom. The van der Waals surface area contributed by atoms with Gasteiger partial charge < -0.3 is 15.5 Å². The third kappa shape index (κ3) is 3.28. The SMILES string of the molecule is Cc1ccc(C(NC(CO)CO)C2CC2)cc1. The minimum atomic E-state index is -0.220. The normalized spacial score (nSPS) is 17.4. The first-order valence-corrected chi connectivity index (χ1v) is 6.29. The van der Waals surface area contributed by atoms with Crippen LogP contribution in [0.1, 0.15) is 30.0 Å². The van der Waals surface area contributed by atoms with Crippen LogP contribution in [0, 0.1) is 12.8 Å². The minimum Gasteiger partial charge on any atom is -0.395 e. The van der Waals surface area contributed by atoms with Gasteiger partial charge in [0.1, 0.15) is 0 Å². The summed E-state index contributed by atoms with van der Waals surface area (Å²) in [6, 6.07) is 8.54. The van der Waals surface area contributed by atoms with Gasteiger partial charge in [-0.1, -0.05) is 29.8 Å². The van der Waals surface area contributed by atoms with E-state index in [1.807, 2.05) is 0 Å². The van der Waals surface area contributed by atoms with Gasteiger partial charge in [0.25, 0.3) is 0 Å². The molecule has 0 bridgehead atoms. The zero-order chi connectivity index (χ0) is 12.3. The maximum Gasteiger partial charge on any atom is 0.0607 e. The average Bonchev–Trinajstić information content (AvgIpc) is 3.17. The van der Waals surface area contributed by atoms with Crippen molar-refractivity contribution in [3.05, 3.63) is 35.4 Å². The summed E-state index contributed by atoms with van der Waals surface area (Å²) >= 11 is 0. The molecule has 1 saturated carbocycles. The second kappa shape index (κ2) is 5.63. The first-order valence-electron chi connectivity index (χ1n) is 6.29. The van der Waals surface area contributed by atoms with Gasteiger partial charge >= 0.3 is 0 Å². The molecular weight excluding hydrogens is 214 g/mol. The maximum atomic E-state index is 9.15. The Bertz CT molecular complexity index is 342. The fourth-order valence-corrected chi connectivity index (χ4v) is 2.12. The number of rotatable bonds is 6. The summed E-state index contributed by atoms with van der Waals surface area (Å²) in [6.45, 7) is 2.03. The quantitative estimate of drug-likeness (QED) is 0.698. The number of hydrogen-bond acceptors (Lipinski definition) is 3. The third-order valence-corrected chi connectivity index (χ3v) is 3.39. The maximum absolute atomic E-state index is 9.15. The van der Waals surface area contributed by atoms with Crippen LogP contribution in [0.3, 0.4) is 0 Å². The van der Waals surface area contributed by atoms with E-state index in [1.54, 1.807) is 0 Å². The molecule has 0 aliphatic heterocycles. The molecule has 1 aromatic carbocycles. The standard InChI is InChI=1S/C14H21NO2/c1-10-2-4-11(5-3-10)14(12-6-7-12)15-13(8-16)9-17/h2-5,12-17H,6-9H2,1H3. The molecule has 17 heavy (non-hydrogen) atoms. The van der Waals surface area contributed by atoms with Crippen LogP contribution >= 0.6 is 0 Å². The largest absolute Gasteiger partial charge is 0.395 e. The average molecular weight is 235 g/mol. The fourth-order valence-electron chi connectivity index (χ4n) is 2.12. The molecule has 0 saturated heterocycles. The zero-order valence-corrected chi connectivity index (χ0v) is 10.3. The Kier molecular flexibility index (Phi) is 4.15. The van der Waals surface area contributed by atoms with Crippen molar-refractivity contribution in [3.8, 4) is 0 Å². The van der Waals surface area contributed by atoms with Gasteiger partial charge in [0, 0.05) is 6.04 Å². The van der Waals surface area contributed by atoms with Gasteiger partial charge in [0.2, 0.25) is 0 Å². The van der Waals surface area contributed by atoms with Crippen LogP contribution in [0.25, 0.3) is 0 Å². The first-order chi connectivity index (χ1) is 8.24. The van der Waals surface area contributed by atoms with E-state index in [1.165, 1.54) is 24.0 Å². The second-order valence-corrected chi connectivity index (χ2v) is 4.95. The van der Waals surface area contributed by atoms with Crippen LogP contribution in [-0.2, 0) is 0 Å². The number of nitrogens with one attached hydrogen (secondary N) is 1. The van der Waals surface area contributed by atoms with E-state index in [0.29, 0.717) is 5.92 Å². The van der Waals surface area contributed by atoms with Crippen LogP contribution in [0.15, 0.2) is 24.3 Å². The molecule has 0 spiro atoms. The summed E-state index contributed by atoms with van der Waals surface area (Å²) in [5, 5.41) is 21.6. The molecule has 0 aromatic heterocycles. The molecule has 0 radical (unpaired) electrons. The van der Waals surface area contributed by atoms with Gasteiger partial charge in [-0.2, -0.15) is 0 Å². The van der Waals surface area contributed by atoms with Crippen LogP contribution in [-0.4, -0.2) is 29.5 Å². The monoisotopic (exact) mass is 235 g/mol. The molecule has 3 N–H and O–H groups in total. The van der Waals surface area contributed by atoms with Gasteiger partial charge in [-0.25, -0.2) is 0 Å². The van der Waals surface area contributed by atoms with E-state index in [9.17, 15) is 0 Å². The molecule has 1 fully saturated rings. The highest BCUT2D eigenvalue weighted by molar-refractivity contribution is 5.25. The summed E-state index contributed by atoms with van der Waals surface area (Å²) in [5.74, 6) is 0.651. The summed E-state index contributed by atoms with van der Waals surface area (Å²) < 4.78 is 0. The molecule has 1 aliphatic rings. The van der Waals surface area contributed by atoms with Crippen LogP contribution < -0.4 is 5.32 Å². The number of aliphatic hydroxyl groups is 2. The molecule has 0 amide bonds. The summed E-state index contributed by atoms with van der Waals surface area (Å²) in [5.41, 5.74) is 2.51. The molecule has 1 unspecified atom stereocenters. The lowest BCUT2D eigenvalue weighted by Crippen LogP contribution is -2.39. The van der Waals surface area contributed by atoms with E-state index in [4.69, 9.17) is 10.2 Å². The Labute approximate surface area is 102 Å². The lowest BCUT2D eigenvalue weighted by atomic mass is 10.00. The van der Waals surface area contributed by atoms with Crippen molar-refractivity contribution in [1.82, 2.24) is 5.32 Å². The Morgan fingerprint density at radius 1 is 1.18 bits per heavy atom. The number of aliphatic hydroxyl groups excluding tert-OH is 2. The van der Waals surface area contributed by atoms with Crippen molar-refractivity contribution in [3.63, 3.8) is 0 Å². The van der Waals surface area contributed by atoms with Crippen molar-refractivity contribution in [2.24, 2.45) is 5.92 Å². The lowest BCUT2D eigenvalue weighted by molar-refractivity contribution is 0.158. The summed E-state index contributed by atoms with van der Waals surface area (Å²) in [7, 11) is 0. The van der Waals surface area contributed by atoms with E-state index in [-0.39, 0.29) is 25.3 Å². The Hall–Kier alpha value is -0.900. The molecule has 1 atom stereocenters. The summed E-state index contributed by atoms with van der Waals surface area (Å²) in [6.07, 6.45) is 2.46. The highest BCUT2D eigenvalue weighted by Gasteiger charge is 2.33. The second-order valence-electron chi connectivity index (χ2n) is 4.95. The molecule has 1 aromatic rings.